The van der Waals surface area contributed by atoms with Gasteiger partial charge in [-0.25, -0.2) is 4.39 Å². The van der Waals surface area contributed by atoms with E-state index in [1.807, 2.05) is 20.8 Å². The lowest BCUT2D eigenvalue weighted by molar-refractivity contribution is -0.147. The molecule has 0 aromatic carbocycles. The Bertz CT molecular complexity index is 539. The molecule has 108 valence electrons. The summed E-state index contributed by atoms with van der Waals surface area (Å²) in [7, 11) is 0. The van der Waals surface area contributed by atoms with Crippen LogP contribution in [0.25, 0.3) is 0 Å². The van der Waals surface area contributed by atoms with Gasteiger partial charge in [0.2, 0.25) is 11.8 Å². The van der Waals surface area contributed by atoms with Crippen LogP contribution in [0.5, 0.6) is 0 Å². The summed E-state index contributed by atoms with van der Waals surface area (Å²) in [5, 5.41) is 2.71. The molecular formula is C14H18FN3O2. The lowest BCUT2D eigenvalue weighted by atomic mass is 9.84. The number of pyridine rings is 1. The molecule has 1 N–H and O–H groups in total. The highest BCUT2D eigenvalue weighted by molar-refractivity contribution is 5.95. The zero-order chi connectivity index (χ0) is 14.9. The minimum Gasteiger partial charge on any atom is -0.342 e. The molecule has 2 amide bonds. The van der Waals surface area contributed by atoms with E-state index in [1.165, 1.54) is 17.2 Å². The largest absolute Gasteiger partial charge is 0.342 e. The molecule has 5 nitrogen and oxygen atoms in total. The van der Waals surface area contributed by atoms with Crippen LogP contribution in [0.2, 0.25) is 0 Å². The van der Waals surface area contributed by atoms with Crippen molar-refractivity contribution in [2.45, 2.75) is 33.4 Å². The van der Waals surface area contributed by atoms with Crippen molar-refractivity contribution in [3.8, 4) is 0 Å². The van der Waals surface area contributed by atoms with Gasteiger partial charge in [-0.3, -0.25) is 14.6 Å². The Balaban J connectivity index is 2.18. The van der Waals surface area contributed by atoms with Gasteiger partial charge in [0.25, 0.3) is 0 Å². The molecule has 1 atom stereocenters. The minimum atomic E-state index is -0.565. The Hall–Kier alpha value is -1.98. The third kappa shape index (κ3) is 3.12. The zero-order valence-corrected chi connectivity index (χ0v) is 11.8. The second-order valence-corrected chi connectivity index (χ2v) is 6.07. The first-order chi connectivity index (χ1) is 9.27. The summed E-state index contributed by atoms with van der Waals surface area (Å²) in [6.45, 7) is 5.85. The first-order valence-electron chi connectivity index (χ1n) is 6.45. The molecule has 0 saturated carbocycles. The fourth-order valence-electron chi connectivity index (χ4n) is 2.19. The van der Waals surface area contributed by atoms with E-state index in [4.69, 9.17) is 0 Å². The van der Waals surface area contributed by atoms with Crippen LogP contribution >= 0.6 is 0 Å². The minimum absolute atomic E-state index is 0.0120. The van der Waals surface area contributed by atoms with Crippen molar-refractivity contribution in [1.82, 2.24) is 15.2 Å². The Kier molecular flexibility index (Phi) is 3.74. The maximum atomic E-state index is 13.1. The van der Waals surface area contributed by atoms with Crippen LogP contribution in [0.15, 0.2) is 18.5 Å². The first kappa shape index (κ1) is 14.4. The number of carbonyl (C=O) groups is 2. The van der Waals surface area contributed by atoms with Gasteiger partial charge < -0.3 is 10.2 Å². The lowest BCUT2D eigenvalue weighted by Gasteiger charge is -2.38. The number of carbonyl (C=O) groups excluding carboxylic acids is 2. The highest BCUT2D eigenvalue weighted by Gasteiger charge is 2.39. The SMILES string of the molecule is CC(C)(C)C1NC(=O)CN(Cc2cncc(F)c2)C1=O. The van der Waals surface area contributed by atoms with Crippen molar-refractivity contribution in [2.24, 2.45) is 5.41 Å². The van der Waals surface area contributed by atoms with E-state index in [9.17, 15) is 14.0 Å². The van der Waals surface area contributed by atoms with Gasteiger partial charge in [-0.2, -0.15) is 0 Å². The summed E-state index contributed by atoms with van der Waals surface area (Å²) in [5.41, 5.74) is 0.201. The predicted octanol–water partition coefficient (Wildman–Crippen LogP) is 1.09. The molecule has 1 aliphatic rings. The number of rotatable bonds is 2. The highest BCUT2D eigenvalue weighted by atomic mass is 19.1. The number of hydrogen-bond acceptors (Lipinski definition) is 3. The molecule has 0 radical (unpaired) electrons. The number of nitrogens with one attached hydrogen (secondary N) is 1. The quantitative estimate of drug-likeness (QED) is 0.881. The number of halogens is 1. The van der Waals surface area contributed by atoms with E-state index in [-0.39, 0.29) is 30.3 Å². The van der Waals surface area contributed by atoms with Crippen LogP contribution in [-0.2, 0) is 16.1 Å². The fourth-order valence-corrected chi connectivity index (χ4v) is 2.19. The Labute approximate surface area is 117 Å². The van der Waals surface area contributed by atoms with Crippen molar-refractivity contribution < 1.29 is 14.0 Å². The van der Waals surface area contributed by atoms with E-state index in [0.717, 1.165) is 6.20 Å². The van der Waals surface area contributed by atoms with Crippen LogP contribution < -0.4 is 5.32 Å². The monoisotopic (exact) mass is 279 g/mol. The van der Waals surface area contributed by atoms with E-state index in [0.29, 0.717) is 5.56 Å². The maximum Gasteiger partial charge on any atom is 0.246 e. The molecule has 2 rings (SSSR count). The molecule has 0 bridgehead atoms. The van der Waals surface area contributed by atoms with Crippen LogP contribution in [0, 0.1) is 11.2 Å². The summed E-state index contributed by atoms with van der Waals surface area (Å²) in [4.78, 5) is 29.3. The van der Waals surface area contributed by atoms with Crippen molar-refractivity contribution in [3.05, 3.63) is 29.8 Å². The van der Waals surface area contributed by atoms with Crippen molar-refractivity contribution in [3.63, 3.8) is 0 Å². The predicted molar refractivity (Wildman–Crippen MR) is 71.0 cm³/mol. The fraction of sp³-hybridized carbons (Fsp3) is 0.500. The first-order valence-corrected chi connectivity index (χ1v) is 6.45. The van der Waals surface area contributed by atoms with Crippen LogP contribution in [0.1, 0.15) is 26.3 Å². The molecule has 6 heteroatoms. The highest BCUT2D eigenvalue weighted by Crippen LogP contribution is 2.24. The van der Waals surface area contributed by atoms with Crippen LogP contribution in [0.3, 0.4) is 0 Å². The Morgan fingerprint density at radius 3 is 2.70 bits per heavy atom. The Morgan fingerprint density at radius 1 is 1.40 bits per heavy atom. The summed E-state index contributed by atoms with van der Waals surface area (Å²) < 4.78 is 13.1. The molecule has 1 unspecified atom stereocenters. The summed E-state index contributed by atoms with van der Waals surface area (Å²) >= 11 is 0. The average molecular weight is 279 g/mol. The summed E-state index contributed by atoms with van der Waals surface area (Å²) in [6, 6.07) is 0.754. The molecule has 1 aliphatic heterocycles. The average Bonchev–Trinajstić information content (AvgIpc) is 2.32. The van der Waals surface area contributed by atoms with E-state index in [2.05, 4.69) is 10.3 Å². The second-order valence-electron chi connectivity index (χ2n) is 6.07. The third-order valence-corrected chi connectivity index (χ3v) is 3.20. The molecule has 0 aliphatic carbocycles. The molecule has 20 heavy (non-hydrogen) atoms. The van der Waals surface area contributed by atoms with Gasteiger partial charge in [0.15, 0.2) is 0 Å². The van der Waals surface area contributed by atoms with Crippen molar-refractivity contribution in [2.75, 3.05) is 6.54 Å². The molecule has 1 saturated heterocycles. The standard InChI is InChI=1S/C14H18FN3O2/c1-14(2,3)12-13(20)18(8-11(19)17-12)7-9-4-10(15)6-16-5-9/h4-6,12H,7-8H2,1-3H3,(H,17,19). The topological polar surface area (TPSA) is 62.3 Å². The van der Waals surface area contributed by atoms with Gasteiger partial charge in [-0.15, -0.1) is 0 Å². The number of nitrogens with zero attached hydrogens (tertiary/aromatic N) is 2. The van der Waals surface area contributed by atoms with Crippen molar-refractivity contribution in [1.29, 1.82) is 0 Å². The zero-order valence-electron chi connectivity index (χ0n) is 11.8. The molecule has 1 aromatic rings. The molecule has 0 spiro atoms. The Morgan fingerprint density at radius 2 is 2.10 bits per heavy atom. The summed E-state index contributed by atoms with van der Waals surface area (Å²) in [5.74, 6) is -0.806. The van der Waals surface area contributed by atoms with E-state index < -0.39 is 11.9 Å². The second kappa shape index (κ2) is 5.19. The van der Waals surface area contributed by atoms with Gasteiger partial charge >= 0.3 is 0 Å². The number of piperazine rings is 1. The van der Waals surface area contributed by atoms with E-state index in [1.54, 1.807) is 0 Å². The smallest absolute Gasteiger partial charge is 0.246 e. The van der Waals surface area contributed by atoms with Gasteiger partial charge in [0.05, 0.1) is 12.7 Å². The number of aromatic nitrogens is 1. The van der Waals surface area contributed by atoms with Gasteiger partial charge in [0, 0.05) is 12.7 Å². The van der Waals surface area contributed by atoms with Crippen molar-refractivity contribution >= 4 is 11.8 Å². The van der Waals surface area contributed by atoms with Crippen LogP contribution in [0.4, 0.5) is 4.39 Å². The molecule has 2 heterocycles. The molecule has 1 aromatic heterocycles. The molecule has 1 fully saturated rings. The van der Waals surface area contributed by atoms with Gasteiger partial charge in [0.1, 0.15) is 11.9 Å². The van der Waals surface area contributed by atoms with Gasteiger partial charge in [-0.05, 0) is 17.0 Å². The summed E-state index contributed by atoms with van der Waals surface area (Å²) in [6.07, 6.45) is 2.60. The number of hydrogen-bond donors (Lipinski definition) is 1. The third-order valence-electron chi connectivity index (χ3n) is 3.20. The maximum absolute atomic E-state index is 13.1. The molecular weight excluding hydrogens is 261 g/mol. The van der Waals surface area contributed by atoms with Gasteiger partial charge in [-0.1, -0.05) is 20.8 Å². The van der Waals surface area contributed by atoms with E-state index >= 15 is 0 Å². The number of amides is 2. The lowest BCUT2D eigenvalue weighted by Crippen LogP contribution is -2.61. The van der Waals surface area contributed by atoms with Crippen LogP contribution in [-0.4, -0.2) is 34.3 Å². The normalized spacial score (nSPS) is 20.0.